The topological polar surface area (TPSA) is 47.3 Å². The zero-order chi connectivity index (χ0) is 17.1. The number of carbonyl (C=O) groups excluding carboxylic acids is 1. The number of rotatable bonds is 2. The third-order valence-corrected chi connectivity index (χ3v) is 4.60. The number of hydrogen-bond donors (Lipinski definition) is 0. The highest BCUT2D eigenvalue weighted by atomic mass is 79.9. The van der Waals surface area contributed by atoms with E-state index in [0.29, 0.717) is 43.0 Å². The van der Waals surface area contributed by atoms with Crippen molar-refractivity contribution >= 4 is 27.5 Å². The molecule has 0 bridgehead atoms. The SMILES string of the molecule is N#Cc1ccc(N2CCN(C(=O)c3ccc(Br)cc3)CC2)c(F)c1. The van der Waals surface area contributed by atoms with Gasteiger partial charge >= 0.3 is 0 Å². The molecule has 0 aromatic heterocycles. The Morgan fingerprint density at radius 1 is 1.08 bits per heavy atom. The molecule has 1 saturated heterocycles. The molecular weight excluding hydrogens is 373 g/mol. The van der Waals surface area contributed by atoms with Crippen LogP contribution in [0.25, 0.3) is 0 Å². The molecule has 0 aliphatic carbocycles. The molecule has 0 radical (unpaired) electrons. The van der Waals surface area contributed by atoms with Gasteiger partial charge in [0.25, 0.3) is 5.91 Å². The van der Waals surface area contributed by atoms with Crippen LogP contribution in [-0.2, 0) is 0 Å². The molecule has 2 aromatic carbocycles. The highest BCUT2D eigenvalue weighted by molar-refractivity contribution is 9.10. The molecule has 0 spiro atoms. The third kappa shape index (κ3) is 3.41. The second-order valence-electron chi connectivity index (χ2n) is 5.56. The molecule has 4 nitrogen and oxygen atoms in total. The van der Waals surface area contributed by atoms with Gasteiger partial charge in [-0.15, -0.1) is 0 Å². The van der Waals surface area contributed by atoms with E-state index in [1.165, 1.54) is 6.07 Å². The van der Waals surface area contributed by atoms with E-state index in [9.17, 15) is 9.18 Å². The van der Waals surface area contributed by atoms with Crippen molar-refractivity contribution < 1.29 is 9.18 Å². The Labute approximate surface area is 148 Å². The van der Waals surface area contributed by atoms with E-state index < -0.39 is 5.82 Å². The quantitative estimate of drug-likeness (QED) is 0.792. The van der Waals surface area contributed by atoms with Gasteiger partial charge in [0, 0.05) is 36.2 Å². The zero-order valence-electron chi connectivity index (χ0n) is 12.9. The van der Waals surface area contributed by atoms with Gasteiger partial charge in [0.15, 0.2) is 0 Å². The van der Waals surface area contributed by atoms with Gasteiger partial charge in [-0.25, -0.2) is 4.39 Å². The zero-order valence-corrected chi connectivity index (χ0v) is 14.5. The van der Waals surface area contributed by atoms with Gasteiger partial charge < -0.3 is 9.80 Å². The lowest BCUT2D eigenvalue weighted by Crippen LogP contribution is -2.49. The number of benzene rings is 2. The van der Waals surface area contributed by atoms with E-state index in [2.05, 4.69) is 15.9 Å². The number of nitriles is 1. The maximum atomic E-state index is 14.1. The van der Waals surface area contributed by atoms with E-state index in [0.717, 1.165) is 4.47 Å². The summed E-state index contributed by atoms with van der Waals surface area (Å²) in [6, 6.07) is 13.7. The molecular formula is C18H15BrFN3O. The lowest BCUT2D eigenvalue weighted by molar-refractivity contribution is 0.0746. The summed E-state index contributed by atoms with van der Waals surface area (Å²) in [4.78, 5) is 16.2. The van der Waals surface area contributed by atoms with Crippen molar-refractivity contribution in [3.8, 4) is 6.07 Å². The Kier molecular flexibility index (Phi) is 4.81. The lowest BCUT2D eigenvalue weighted by atomic mass is 10.1. The molecule has 0 saturated carbocycles. The molecule has 1 aliphatic rings. The molecule has 3 rings (SSSR count). The van der Waals surface area contributed by atoms with E-state index in [4.69, 9.17) is 5.26 Å². The van der Waals surface area contributed by atoms with Crippen LogP contribution in [0.15, 0.2) is 46.9 Å². The molecule has 0 N–H and O–H groups in total. The summed E-state index contributed by atoms with van der Waals surface area (Å²) in [7, 11) is 0. The van der Waals surface area contributed by atoms with Crippen molar-refractivity contribution in [2.45, 2.75) is 0 Å². The minimum Gasteiger partial charge on any atom is -0.366 e. The van der Waals surface area contributed by atoms with Crippen LogP contribution in [-0.4, -0.2) is 37.0 Å². The Morgan fingerprint density at radius 2 is 1.75 bits per heavy atom. The fourth-order valence-corrected chi connectivity index (χ4v) is 3.02. The number of amides is 1. The summed E-state index contributed by atoms with van der Waals surface area (Å²) in [6.45, 7) is 2.19. The maximum Gasteiger partial charge on any atom is 0.253 e. The monoisotopic (exact) mass is 387 g/mol. The van der Waals surface area contributed by atoms with Crippen molar-refractivity contribution in [3.63, 3.8) is 0 Å². The van der Waals surface area contributed by atoms with Crippen LogP contribution < -0.4 is 4.90 Å². The predicted molar refractivity (Wildman–Crippen MR) is 93.4 cm³/mol. The van der Waals surface area contributed by atoms with Crippen LogP contribution in [0.3, 0.4) is 0 Å². The molecule has 1 aliphatic heterocycles. The molecule has 0 unspecified atom stereocenters. The number of halogens is 2. The van der Waals surface area contributed by atoms with Crippen molar-refractivity contribution in [3.05, 3.63) is 63.9 Å². The fraction of sp³-hybridized carbons (Fsp3) is 0.222. The van der Waals surface area contributed by atoms with Gasteiger partial charge in [-0.1, -0.05) is 15.9 Å². The van der Waals surface area contributed by atoms with Crippen molar-refractivity contribution in [2.24, 2.45) is 0 Å². The summed E-state index contributed by atoms with van der Waals surface area (Å²) in [5, 5.41) is 8.81. The molecule has 0 atom stereocenters. The van der Waals surface area contributed by atoms with Gasteiger partial charge in [0.2, 0.25) is 0 Å². The number of anilines is 1. The Bertz CT molecular complexity index is 793. The van der Waals surface area contributed by atoms with Gasteiger partial charge in [-0.05, 0) is 42.5 Å². The second kappa shape index (κ2) is 7.02. The van der Waals surface area contributed by atoms with E-state index >= 15 is 0 Å². The molecule has 1 heterocycles. The number of hydrogen-bond acceptors (Lipinski definition) is 3. The minimum atomic E-state index is -0.401. The summed E-state index contributed by atoms with van der Waals surface area (Å²) in [5.74, 6) is -0.413. The molecule has 2 aromatic rings. The van der Waals surface area contributed by atoms with E-state index in [1.54, 1.807) is 29.2 Å². The van der Waals surface area contributed by atoms with Crippen molar-refractivity contribution in [1.29, 1.82) is 5.26 Å². The summed E-state index contributed by atoms with van der Waals surface area (Å²) < 4.78 is 15.0. The first-order valence-corrected chi connectivity index (χ1v) is 8.37. The molecule has 6 heteroatoms. The Hall–Kier alpha value is -2.39. The van der Waals surface area contributed by atoms with Crippen LogP contribution in [0.1, 0.15) is 15.9 Å². The number of nitrogens with zero attached hydrogens (tertiary/aromatic N) is 3. The van der Waals surface area contributed by atoms with Gasteiger partial charge in [0.1, 0.15) is 5.82 Å². The first kappa shape index (κ1) is 16.5. The number of piperazine rings is 1. The van der Waals surface area contributed by atoms with Gasteiger partial charge in [-0.2, -0.15) is 5.26 Å². The largest absolute Gasteiger partial charge is 0.366 e. The maximum absolute atomic E-state index is 14.1. The highest BCUT2D eigenvalue weighted by Gasteiger charge is 2.23. The van der Waals surface area contributed by atoms with Crippen LogP contribution in [0.2, 0.25) is 0 Å². The van der Waals surface area contributed by atoms with Crippen LogP contribution >= 0.6 is 15.9 Å². The van der Waals surface area contributed by atoms with Crippen molar-refractivity contribution in [2.75, 3.05) is 31.1 Å². The van der Waals surface area contributed by atoms with Gasteiger partial charge in [-0.3, -0.25) is 4.79 Å². The average molecular weight is 388 g/mol. The van der Waals surface area contributed by atoms with E-state index in [-0.39, 0.29) is 5.91 Å². The smallest absolute Gasteiger partial charge is 0.253 e. The molecule has 1 fully saturated rings. The fourth-order valence-electron chi connectivity index (χ4n) is 2.76. The first-order chi connectivity index (χ1) is 11.6. The average Bonchev–Trinajstić information content (AvgIpc) is 2.62. The molecule has 24 heavy (non-hydrogen) atoms. The van der Waals surface area contributed by atoms with Crippen LogP contribution in [0.4, 0.5) is 10.1 Å². The summed E-state index contributed by atoms with van der Waals surface area (Å²) >= 11 is 3.35. The lowest BCUT2D eigenvalue weighted by Gasteiger charge is -2.36. The standard InChI is InChI=1S/C18H15BrFN3O/c19-15-4-2-14(3-5-15)18(24)23-9-7-22(8-10-23)17-6-1-13(12-21)11-16(17)20/h1-6,11H,7-10H2. The van der Waals surface area contributed by atoms with Crippen LogP contribution in [0, 0.1) is 17.1 Å². The summed E-state index contributed by atoms with van der Waals surface area (Å²) in [6.07, 6.45) is 0. The normalized spacial score (nSPS) is 14.4. The predicted octanol–water partition coefficient (Wildman–Crippen LogP) is 3.42. The third-order valence-electron chi connectivity index (χ3n) is 4.08. The minimum absolute atomic E-state index is 0.0116. The summed E-state index contributed by atoms with van der Waals surface area (Å²) in [5.41, 5.74) is 1.43. The Morgan fingerprint density at radius 3 is 2.33 bits per heavy atom. The first-order valence-electron chi connectivity index (χ1n) is 7.58. The van der Waals surface area contributed by atoms with Crippen molar-refractivity contribution in [1.82, 2.24) is 4.90 Å². The van der Waals surface area contributed by atoms with E-state index in [1.807, 2.05) is 23.1 Å². The van der Waals surface area contributed by atoms with Crippen LogP contribution in [0.5, 0.6) is 0 Å². The second-order valence-corrected chi connectivity index (χ2v) is 6.48. The Balaban J connectivity index is 1.66. The molecule has 122 valence electrons. The molecule has 1 amide bonds. The highest BCUT2D eigenvalue weighted by Crippen LogP contribution is 2.22. The number of carbonyl (C=O) groups is 1. The van der Waals surface area contributed by atoms with Gasteiger partial charge in [0.05, 0.1) is 17.3 Å².